The van der Waals surface area contributed by atoms with E-state index in [9.17, 15) is 22.8 Å². The number of amides is 3. The fraction of sp³-hybridized carbons (Fsp3) is 0.471. The van der Waals surface area contributed by atoms with E-state index >= 15 is 0 Å². The average Bonchev–Trinajstić information content (AvgIpc) is 2.95. The van der Waals surface area contributed by atoms with Crippen LogP contribution in [0.25, 0.3) is 0 Å². The van der Waals surface area contributed by atoms with E-state index in [0.717, 1.165) is 4.90 Å². The summed E-state index contributed by atoms with van der Waals surface area (Å²) in [6.07, 6.45) is 0.864. The van der Waals surface area contributed by atoms with E-state index in [2.05, 4.69) is 5.32 Å². The van der Waals surface area contributed by atoms with Crippen molar-refractivity contribution < 1.29 is 22.8 Å². The van der Waals surface area contributed by atoms with Gasteiger partial charge in [0.15, 0.2) is 9.84 Å². The Morgan fingerprint density at radius 1 is 1.20 bits per heavy atom. The van der Waals surface area contributed by atoms with Crippen LogP contribution < -0.4 is 5.32 Å². The maximum Gasteiger partial charge on any atom is 0.261 e. The van der Waals surface area contributed by atoms with Crippen molar-refractivity contribution >= 4 is 27.6 Å². The highest BCUT2D eigenvalue weighted by molar-refractivity contribution is 7.91. The Morgan fingerprint density at radius 2 is 1.80 bits per heavy atom. The van der Waals surface area contributed by atoms with Crippen molar-refractivity contribution in [3.63, 3.8) is 0 Å². The van der Waals surface area contributed by atoms with Gasteiger partial charge in [-0.15, -0.1) is 0 Å². The number of hydrogen-bond donors (Lipinski definition) is 1. The zero-order valence-electron chi connectivity index (χ0n) is 13.9. The molecule has 1 N–H and O–H groups in total. The fourth-order valence-electron chi connectivity index (χ4n) is 3.35. The highest BCUT2D eigenvalue weighted by Crippen LogP contribution is 2.24. The van der Waals surface area contributed by atoms with Crippen LogP contribution in [0.5, 0.6) is 0 Å². The summed E-state index contributed by atoms with van der Waals surface area (Å²) < 4.78 is 23.1. The molecule has 0 spiro atoms. The maximum absolute atomic E-state index is 12.2. The van der Waals surface area contributed by atoms with Gasteiger partial charge in [0, 0.05) is 13.0 Å². The summed E-state index contributed by atoms with van der Waals surface area (Å²) in [4.78, 5) is 37.7. The molecule has 2 heterocycles. The average molecular weight is 364 g/mol. The van der Waals surface area contributed by atoms with E-state index in [1.807, 2.05) is 0 Å². The predicted octanol–water partition coefficient (Wildman–Crippen LogP) is 0.756. The van der Waals surface area contributed by atoms with E-state index < -0.39 is 15.4 Å². The van der Waals surface area contributed by atoms with E-state index in [4.69, 9.17) is 0 Å². The molecule has 3 rings (SSSR count). The first-order valence-corrected chi connectivity index (χ1v) is 10.00. The topological polar surface area (TPSA) is 101 Å². The van der Waals surface area contributed by atoms with Gasteiger partial charge in [-0.25, -0.2) is 8.42 Å². The molecule has 7 nitrogen and oxygen atoms in total. The van der Waals surface area contributed by atoms with Crippen LogP contribution in [0.2, 0.25) is 0 Å². The summed E-state index contributed by atoms with van der Waals surface area (Å²) in [7, 11) is -3.09. The van der Waals surface area contributed by atoms with Crippen LogP contribution in [0.3, 0.4) is 0 Å². The second-order valence-electron chi connectivity index (χ2n) is 6.86. The van der Waals surface area contributed by atoms with E-state index in [0.29, 0.717) is 24.0 Å². The monoisotopic (exact) mass is 364 g/mol. The number of carbonyl (C=O) groups excluding carboxylic acids is 3. The first-order chi connectivity index (χ1) is 11.7. The van der Waals surface area contributed by atoms with Crippen molar-refractivity contribution in [2.75, 3.05) is 18.1 Å². The maximum atomic E-state index is 12.2. The quantitative estimate of drug-likeness (QED) is 0.777. The highest BCUT2D eigenvalue weighted by Gasteiger charge is 2.39. The van der Waals surface area contributed by atoms with Gasteiger partial charge in [0.05, 0.1) is 28.2 Å². The lowest BCUT2D eigenvalue weighted by Gasteiger charge is -2.24. The lowest BCUT2D eigenvalue weighted by molar-refractivity contribution is -0.122. The normalized spacial score (nSPS) is 24.4. The molecule has 3 amide bonds. The van der Waals surface area contributed by atoms with Crippen LogP contribution in [0, 0.1) is 0 Å². The van der Waals surface area contributed by atoms with Crippen LogP contribution in [0.4, 0.5) is 0 Å². The number of hydrogen-bond acceptors (Lipinski definition) is 5. The van der Waals surface area contributed by atoms with Crippen LogP contribution >= 0.6 is 0 Å². The molecule has 1 fully saturated rings. The summed E-state index contributed by atoms with van der Waals surface area (Å²) in [6, 6.07) is 6.64. The van der Waals surface area contributed by atoms with Gasteiger partial charge >= 0.3 is 0 Å². The molecule has 2 aliphatic heterocycles. The lowest BCUT2D eigenvalue weighted by Crippen LogP contribution is -2.47. The van der Waals surface area contributed by atoms with Crippen LogP contribution in [-0.4, -0.2) is 54.6 Å². The molecule has 0 aromatic heterocycles. The van der Waals surface area contributed by atoms with Gasteiger partial charge in [-0.05, 0) is 31.9 Å². The van der Waals surface area contributed by atoms with Crippen molar-refractivity contribution in [1.29, 1.82) is 0 Å². The third-order valence-electron chi connectivity index (χ3n) is 4.61. The zero-order valence-corrected chi connectivity index (χ0v) is 14.8. The summed E-state index contributed by atoms with van der Waals surface area (Å²) in [5, 5.41) is 2.77. The Labute approximate surface area is 146 Å². The molecule has 8 heteroatoms. The summed E-state index contributed by atoms with van der Waals surface area (Å²) >= 11 is 0. The van der Waals surface area contributed by atoms with Gasteiger partial charge in [0.1, 0.15) is 0 Å². The highest BCUT2D eigenvalue weighted by atomic mass is 32.2. The summed E-state index contributed by atoms with van der Waals surface area (Å²) in [6.45, 7) is 1.88. The van der Waals surface area contributed by atoms with E-state index in [1.54, 1.807) is 31.2 Å². The van der Waals surface area contributed by atoms with Gasteiger partial charge in [0.25, 0.3) is 11.8 Å². The molecular weight excluding hydrogens is 344 g/mol. The Morgan fingerprint density at radius 3 is 2.32 bits per heavy atom. The van der Waals surface area contributed by atoms with Crippen molar-refractivity contribution in [1.82, 2.24) is 10.2 Å². The fourth-order valence-corrected chi connectivity index (χ4v) is 5.44. The number of benzene rings is 1. The molecule has 0 saturated carbocycles. The molecule has 1 saturated heterocycles. The Kier molecular flexibility index (Phi) is 4.40. The van der Waals surface area contributed by atoms with E-state index in [1.165, 1.54) is 0 Å². The SMILES string of the molecule is C[C@]1(NC(=O)CCCN2C(=O)c3ccccc3C2=O)CCS(=O)(=O)C1. The predicted molar refractivity (Wildman–Crippen MR) is 90.9 cm³/mol. The first kappa shape index (κ1) is 17.6. The van der Waals surface area contributed by atoms with Gasteiger partial charge in [-0.2, -0.15) is 0 Å². The van der Waals surface area contributed by atoms with Gasteiger partial charge < -0.3 is 5.32 Å². The molecule has 0 radical (unpaired) electrons. The number of sulfone groups is 1. The number of fused-ring (bicyclic) bond motifs is 1. The van der Waals surface area contributed by atoms with Gasteiger partial charge in [0.2, 0.25) is 5.91 Å². The molecular formula is C17H20N2O5S. The Balaban J connectivity index is 1.52. The number of imide groups is 1. The minimum Gasteiger partial charge on any atom is -0.350 e. The molecule has 2 aliphatic rings. The second-order valence-corrected chi connectivity index (χ2v) is 9.05. The van der Waals surface area contributed by atoms with Gasteiger partial charge in [-0.1, -0.05) is 12.1 Å². The summed E-state index contributed by atoms with van der Waals surface area (Å²) in [5.41, 5.74) is 0.0482. The van der Waals surface area contributed by atoms with Crippen molar-refractivity contribution in [2.24, 2.45) is 0 Å². The standard InChI is InChI=1S/C17H20N2O5S/c1-17(8-10-25(23,24)11-17)18-14(20)7-4-9-19-15(21)12-5-2-3-6-13(12)16(19)22/h2-3,5-6H,4,7-11H2,1H3,(H,18,20)/t17-/m0/s1. The summed E-state index contributed by atoms with van der Waals surface area (Å²) in [5.74, 6) is -0.913. The smallest absolute Gasteiger partial charge is 0.261 e. The van der Waals surface area contributed by atoms with Crippen LogP contribution in [0.1, 0.15) is 46.9 Å². The van der Waals surface area contributed by atoms with E-state index in [-0.39, 0.29) is 42.2 Å². The number of rotatable bonds is 5. The first-order valence-electron chi connectivity index (χ1n) is 8.17. The van der Waals surface area contributed by atoms with Crippen molar-refractivity contribution in [3.05, 3.63) is 35.4 Å². The third-order valence-corrected chi connectivity index (χ3v) is 6.51. The largest absolute Gasteiger partial charge is 0.350 e. The molecule has 25 heavy (non-hydrogen) atoms. The number of nitrogens with zero attached hydrogens (tertiary/aromatic N) is 1. The minimum atomic E-state index is -3.09. The van der Waals surface area contributed by atoms with Crippen LogP contribution in [-0.2, 0) is 14.6 Å². The third kappa shape index (κ3) is 3.58. The minimum absolute atomic E-state index is 0.0514. The Bertz CT molecular complexity index is 813. The molecule has 0 aliphatic carbocycles. The van der Waals surface area contributed by atoms with Crippen molar-refractivity contribution in [3.8, 4) is 0 Å². The molecule has 1 aromatic carbocycles. The molecule has 0 unspecified atom stereocenters. The Hall–Kier alpha value is -2.22. The second kappa shape index (κ2) is 6.25. The zero-order chi connectivity index (χ0) is 18.2. The van der Waals surface area contributed by atoms with Crippen molar-refractivity contribution in [2.45, 2.75) is 31.7 Å². The van der Waals surface area contributed by atoms with Crippen LogP contribution in [0.15, 0.2) is 24.3 Å². The lowest BCUT2D eigenvalue weighted by atomic mass is 10.0. The molecule has 1 aromatic rings. The molecule has 1 atom stereocenters. The van der Waals surface area contributed by atoms with Gasteiger partial charge in [-0.3, -0.25) is 19.3 Å². The molecule has 134 valence electrons. The number of carbonyl (C=O) groups is 3. The molecule has 0 bridgehead atoms. The number of nitrogens with one attached hydrogen (secondary N) is 1.